The topological polar surface area (TPSA) is 170 Å². The van der Waals surface area contributed by atoms with Gasteiger partial charge in [0, 0.05) is 6.20 Å². The molecule has 0 aliphatic rings. The number of nitrogens with one attached hydrogen (secondary N) is 3. The first-order valence-electron chi connectivity index (χ1n) is 13.8. The summed E-state index contributed by atoms with van der Waals surface area (Å²) in [6.07, 6.45) is 1.88. The second-order valence-electron chi connectivity index (χ2n) is 11.5. The Morgan fingerprint density at radius 2 is 1.62 bits per heavy atom. The molecule has 2 atom stereocenters. The molecule has 45 heavy (non-hydrogen) atoms. The number of anilines is 1. The molecule has 13 nitrogen and oxygen atoms in total. The van der Waals surface area contributed by atoms with Crippen molar-refractivity contribution in [2.45, 2.75) is 71.9 Å². The number of nitrogens with zero attached hydrogens (tertiary/aromatic N) is 2. The first kappa shape index (κ1) is 36.3. The first-order valence-corrected chi connectivity index (χ1v) is 13.8. The molecule has 0 saturated carbocycles. The third kappa shape index (κ3) is 10.9. The second kappa shape index (κ2) is 15.7. The van der Waals surface area contributed by atoms with Crippen LogP contribution in [0.2, 0.25) is 0 Å². The van der Waals surface area contributed by atoms with Crippen molar-refractivity contribution in [3.05, 3.63) is 78.1 Å². The summed E-state index contributed by atoms with van der Waals surface area (Å²) in [5.41, 5.74) is -0.717. The van der Waals surface area contributed by atoms with Crippen molar-refractivity contribution in [2.75, 3.05) is 19.0 Å². The number of benzene rings is 2. The number of ether oxygens (including phenoxy) is 3. The smallest absolute Gasteiger partial charge is 0.408 e. The number of hydrogen-bond donors (Lipinski definition) is 4. The minimum atomic E-state index is -1.45. The normalized spacial score (nSPS) is 12.6. The van der Waals surface area contributed by atoms with Crippen LogP contribution in [-0.4, -0.2) is 69.7 Å². The van der Waals surface area contributed by atoms with Gasteiger partial charge in [0.1, 0.15) is 22.9 Å². The summed E-state index contributed by atoms with van der Waals surface area (Å²) < 4.78 is 17.4. The van der Waals surface area contributed by atoms with Crippen LogP contribution >= 0.6 is 0 Å². The molecule has 1 heterocycles. The number of aromatic nitrogens is 2. The van der Waals surface area contributed by atoms with Gasteiger partial charge in [-0.25, -0.2) is 9.59 Å². The van der Waals surface area contributed by atoms with Crippen molar-refractivity contribution < 1.29 is 38.5 Å². The quantitative estimate of drug-likeness (QED) is 0.218. The summed E-state index contributed by atoms with van der Waals surface area (Å²) in [7, 11) is 1.51. The van der Waals surface area contributed by atoms with Crippen molar-refractivity contribution in [3.63, 3.8) is 0 Å². The highest BCUT2D eigenvalue weighted by molar-refractivity contribution is 5.99. The maximum Gasteiger partial charge on any atom is 0.408 e. The molecule has 4 N–H and O–H groups in total. The molecule has 1 aromatic heterocycles. The number of carbonyl (C=O) groups is 4. The van der Waals surface area contributed by atoms with Gasteiger partial charge in [0.25, 0.3) is 0 Å². The zero-order valence-electron chi connectivity index (χ0n) is 25.6. The van der Waals surface area contributed by atoms with Gasteiger partial charge in [-0.15, -0.1) is 0 Å². The van der Waals surface area contributed by atoms with Crippen LogP contribution in [0.3, 0.4) is 0 Å². The molecular formula is C32H43N5O8. The highest BCUT2D eigenvalue weighted by atomic mass is 16.6. The average Bonchev–Trinajstić information content (AvgIpc) is 3.39. The molecule has 244 valence electrons. The molecule has 13 heteroatoms. The van der Waals surface area contributed by atoms with Crippen molar-refractivity contribution >= 4 is 29.6 Å². The lowest BCUT2D eigenvalue weighted by Crippen LogP contribution is -2.59. The molecule has 0 bridgehead atoms. The minimum Gasteiger partial charge on any atom is -0.497 e. The highest BCUT2D eigenvalue weighted by Crippen LogP contribution is 2.23. The number of rotatable bonds is 13. The van der Waals surface area contributed by atoms with E-state index in [-0.39, 0.29) is 26.3 Å². The van der Waals surface area contributed by atoms with Gasteiger partial charge in [-0.2, -0.15) is 5.10 Å². The summed E-state index contributed by atoms with van der Waals surface area (Å²) in [4.78, 5) is 51.1. The van der Waals surface area contributed by atoms with E-state index in [1.165, 1.54) is 38.0 Å². The molecule has 3 aromatic rings. The lowest BCUT2D eigenvalue weighted by Gasteiger charge is -2.29. The van der Waals surface area contributed by atoms with E-state index in [4.69, 9.17) is 14.2 Å². The van der Waals surface area contributed by atoms with E-state index in [1.54, 1.807) is 45.0 Å². The van der Waals surface area contributed by atoms with Crippen LogP contribution in [0.4, 0.5) is 10.5 Å². The second-order valence-corrected chi connectivity index (χ2v) is 11.5. The highest BCUT2D eigenvalue weighted by Gasteiger charge is 2.35. The van der Waals surface area contributed by atoms with E-state index >= 15 is 0 Å². The molecule has 0 aliphatic heterocycles. The molecule has 0 saturated heterocycles. The summed E-state index contributed by atoms with van der Waals surface area (Å²) in [5.74, 6) is -1.89. The number of methoxy groups -OCH3 is 1. The maximum atomic E-state index is 13.4. The van der Waals surface area contributed by atoms with Crippen LogP contribution < -0.4 is 20.7 Å². The SMILES string of the molecule is C.COc1ccc(C(C(=O)O)n2cc(NC(=O)[C@@H](COCc3ccccc3)NC(=O)C(C)(C)NC(=O)OC(C)(C)C)cn2)cc1. The van der Waals surface area contributed by atoms with Crippen molar-refractivity contribution in [2.24, 2.45) is 0 Å². The van der Waals surface area contributed by atoms with E-state index in [1.807, 2.05) is 30.3 Å². The number of aliphatic carboxylic acids is 1. The van der Waals surface area contributed by atoms with E-state index < -0.39 is 47.1 Å². The maximum absolute atomic E-state index is 13.4. The van der Waals surface area contributed by atoms with Gasteiger partial charge in [-0.1, -0.05) is 49.9 Å². The number of alkyl carbamates (subject to hydrolysis) is 1. The molecule has 0 fully saturated rings. The number of carboxylic acid groups (broad SMARTS) is 1. The van der Waals surface area contributed by atoms with Crippen LogP contribution in [0.1, 0.15) is 59.2 Å². The van der Waals surface area contributed by atoms with Gasteiger partial charge in [-0.3, -0.25) is 14.3 Å². The largest absolute Gasteiger partial charge is 0.497 e. The molecule has 3 rings (SSSR count). The first-order chi connectivity index (χ1) is 20.7. The lowest BCUT2D eigenvalue weighted by molar-refractivity contribution is -0.139. The summed E-state index contributed by atoms with van der Waals surface area (Å²) in [6.45, 7) is 8.02. The monoisotopic (exact) mass is 625 g/mol. The molecule has 3 amide bonds. The summed E-state index contributed by atoms with van der Waals surface area (Å²) in [5, 5.41) is 21.9. The van der Waals surface area contributed by atoms with Crippen LogP contribution in [0.15, 0.2) is 67.0 Å². The van der Waals surface area contributed by atoms with Crippen LogP contribution in [0.25, 0.3) is 0 Å². The Balaban J connectivity index is 0.00000705. The Morgan fingerprint density at radius 3 is 2.20 bits per heavy atom. The molecule has 0 spiro atoms. The Labute approximate surface area is 263 Å². The van der Waals surface area contributed by atoms with Gasteiger partial charge >= 0.3 is 12.1 Å². The standard InChI is InChI=1S/C31H39N5O8.CH4/c1-30(2,3)44-29(41)35-31(4,5)28(40)34-24(19-43-18-20-10-8-7-9-11-20)26(37)33-22-16-32-36(17-22)25(27(38)39)21-12-14-23(42-6)15-13-21;/h7-17,24-25H,18-19H2,1-6H3,(H,33,37)(H,34,40)(H,35,41)(H,38,39);1H4/t24-,25?;/m1./s1. The van der Waals surface area contributed by atoms with Gasteiger partial charge in [0.2, 0.25) is 11.8 Å². The number of hydrogen-bond acceptors (Lipinski definition) is 8. The Morgan fingerprint density at radius 1 is 0.978 bits per heavy atom. The predicted molar refractivity (Wildman–Crippen MR) is 168 cm³/mol. The number of carboxylic acids is 1. The number of carbonyl (C=O) groups excluding carboxylic acids is 3. The molecule has 2 aromatic carbocycles. The Hall–Kier alpha value is -4.91. The third-order valence-electron chi connectivity index (χ3n) is 6.20. The molecule has 1 unspecified atom stereocenters. The van der Waals surface area contributed by atoms with E-state index in [2.05, 4.69) is 21.0 Å². The van der Waals surface area contributed by atoms with Crippen molar-refractivity contribution in [3.8, 4) is 5.75 Å². The Kier molecular flexibility index (Phi) is 12.7. The third-order valence-corrected chi connectivity index (χ3v) is 6.20. The average molecular weight is 626 g/mol. The fourth-order valence-corrected chi connectivity index (χ4v) is 3.97. The fraction of sp³-hybridized carbons (Fsp3) is 0.406. The summed E-state index contributed by atoms with van der Waals surface area (Å²) in [6, 6.07) is 13.4. The lowest BCUT2D eigenvalue weighted by atomic mass is 10.0. The minimum absolute atomic E-state index is 0. The summed E-state index contributed by atoms with van der Waals surface area (Å²) >= 11 is 0. The molecular weight excluding hydrogens is 582 g/mol. The molecule has 0 aliphatic carbocycles. The van der Waals surface area contributed by atoms with Gasteiger partial charge in [0.05, 0.1) is 32.2 Å². The number of amides is 3. The zero-order valence-corrected chi connectivity index (χ0v) is 25.6. The van der Waals surface area contributed by atoms with Gasteiger partial charge in [-0.05, 0) is 57.9 Å². The van der Waals surface area contributed by atoms with Crippen LogP contribution in [-0.2, 0) is 30.5 Å². The predicted octanol–water partition coefficient (Wildman–Crippen LogP) is 4.15. The van der Waals surface area contributed by atoms with Crippen LogP contribution in [0, 0.1) is 0 Å². The van der Waals surface area contributed by atoms with Crippen molar-refractivity contribution in [1.82, 2.24) is 20.4 Å². The Bertz CT molecular complexity index is 1430. The molecule has 0 radical (unpaired) electrons. The fourth-order valence-electron chi connectivity index (χ4n) is 3.97. The van der Waals surface area contributed by atoms with E-state index in [0.29, 0.717) is 11.3 Å². The van der Waals surface area contributed by atoms with Crippen LogP contribution in [0.5, 0.6) is 5.75 Å². The van der Waals surface area contributed by atoms with Gasteiger partial charge in [0.15, 0.2) is 6.04 Å². The van der Waals surface area contributed by atoms with E-state index in [9.17, 15) is 24.3 Å². The van der Waals surface area contributed by atoms with Gasteiger partial charge < -0.3 is 35.3 Å². The zero-order chi connectivity index (χ0) is 32.5. The van der Waals surface area contributed by atoms with E-state index in [0.717, 1.165) is 5.56 Å². The van der Waals surface area contributed by atoms with Crippen molar-refractivity contribution in [1.29, 1.82) is 0 Å².